The Balaban J connectivity index is 2.15. The van der Waals surface area contributed by atoms with Crippen molar-refractivity contribution in [2.45, 2.75) is 55.9 Å². The van der Waals surface area contributed by atoms with Crippen LogP contribution in [0.15, 0.2) is 29.2 Å². The average Bonchev–Trinajstić information content (AvgIpc) is 2.39. The summed E-state index contributed by atoms with van der Waals surface area (Å²) in [6.07, 6.45) is 5.39. The van der Waals surface area contributed by atoms with Gasteiger partial charge in [0, 0.05) is 5.54 Å². The zero-order valence-corrected chi connectivity index (χ0v) is 12.5. The van der Waals surface area contributed by atoms with E-state index in [1.54, 1.807) is 24.3 Å². The first-order valence-electron chi connectivity index (χ1n) is 6.95. The fourth-order valence-electron chi connectivity index (χ4n) is 2.70. The third-order valence-electron chi connectivity index (χ3n) is 3.85. The van der Waals surface area contributed by atoms with E-state index in [0.717, 1.165) is 31.2 Å². The van der Waals surface area contributed by atoms with Gasteiger partial charge in [-0.2, -0.15) is 5.26 Å². The molecule has 0 atom stereocenters. The Morgan fingerprint density at radius 2 is 1.80 bits per heavy atom. The van der Waals surface area contributed by atoms with Crippen molar-refractivity contribution in [3.8, 4) is 6.07 Å². The first-order chi connectivity index (χ1) is 9.45. The lowest BCUT2D eigenvalue weighted by Crippen LogP contribution is -2.47. The van der Waals surface area contributed by atoms with Crippen molar-refractivity contribution in [3.05, 3.63) is 29.8 Å². The molecule has 1 aliphatic carbocycles. The first-order valence-corrected chi connectivity index (χ1v) is 8.43. The van der Waals surface area contributed by atoms with Gasteiger partial charge in [0.25, 0.3) is 0 Å². The molecule has 1 fully saturated rings. The maximum Gasteiger partial charge on any atom is 0.241 e. The molecule has 1 aliphatic rings. The van der Waals surface area contributed by atoms with Crippen LogP contribution in [-0.4, -0.2) is 14.0 Å². The predicted molar refractivity (Wildman–Crippen MR) is 77.6 cm³/mol. The van der Waals surface area contributed by atoms with Crippen LogP contribution in [0.2, 0.25) is 0 Å². The van der Waals surface area contributed by atoms with Crippen molar-refractivity contribution in [2.24, 2.45) is 0 Å². The zero-order chi connectivity index (χ0) is 14.6. The molecule has 1 N–H and O–H groups in total. The average molecular weight is 292 g/mol. The van der Waals surface area contributed by atoms with Crippen LogP contribution >= 0.6 is 0 Å². The molecular weight excluding hydrogens is 272 g/mol. The number of sulfonamides is 1. The predicted octanol–water partition coefficient (Wildman–Crippen LogP) is 2.75. The van der Waals surface area contributed by atoms with E-state index in [-0.39, 0.29) is 10.4 Å². The molecule has 0 aliphatic heterocycles. The number of rotatable bonds is 4. The van der Waals surface area contributed by atoms with Crippen LogP contribution in [0.25, 0.3) is 0 Å². The Labute approximate surface area is 120 Å². The Morgan fingerprint density at radius 1 is 1.20 bits per heavy atom. The summed E-state index contributed by atoms with van der Waals surface area (Å²) >= 11 is 0. The van der Waals surface area contributed by atoms with E-state index in [2.05, 4.69) is 4.72 Å². The monoisotopic (exact) mass is 292 g/mol. The van der Waals surface area contributed by atoms with Gasteiger partial charge in [-0.1, -0.05) is 31.4 Å². The summed E-state index contributed by atoms with van der Waals surface area (Å²) in [5.41, 5.74) is 0.498. The molecule has 1 aromatic carbocycles. The minimum Gasteiger partial charge on any atom is -0.207 e. The van der Waals surface area contributed by atoms with E-state index in [0.29, 0.717) is 6.42 Å². The van der Waals surface area contributed by atoms with Gasteiger partial charge in [0.15, 0.2) is 0 Å². The van der Waals surface area contributed by atoms with Crippen LogP contribution in [0, 0.1) is 11.3 Å². The maximum absolute atomic E-state index is 12.4. The summed E-state index contributed by atoms with van der Waals surface area (Å²) in [5.74, 6) is 0. The van der Waals surface area contributed by atoms with Gasteiger partial charge >= 0.3 is 0 Å². The second kappa shape index (κ2) is 5.94. The quantitative estimate of drug-likeness (QED) is 0.927. The highest BCUT2D eigenvalue weighted by molar-refractivity contribution is 7.89. The number of nitrogens with zero attached hydrogens (tertiary/aromatic N) is 1. The van der Waals surface area contributed by atoms with Gasteiger partial charge in [-0.15, -0.1) is 0 Å². The molecule has 1 aromatic rings. The van der Waals surface area contributed by atoms with Crippen molar-refractivity contribution in [1.29, 1.82) is 5.26 Å². The van der Waals surface area contributed by atoms with E-state index in [1.807, 2.05) is 13.0 Å². The minimum atomic E-state index is -3.48. The largest absolute Gasteiger partial charge is 0.241 e. The Kier molecular flexibility index (Phi) is 4.46. The van der Waals surface area contributed by atoms with Crippen molar-refractivity contribution < 1.29 is 8.42 Å². The summed E-state index contributed by atoms with van der Waals surface area (Å²) in [6, 6.07) is 8.58. The SMILES string of the molecule is CC1(NS(=O)(=O)c2ccc(CC#N)cc2)CCCCC1. The summed E-state index contributed by atoms with van der Waals surface area (Å²) < 4.78 is 27.6. The lowest BCUT2D eigenvalue weighted by atomic mass is 9.84. The Bertz CT molecular complexity index is 594. The standard InChI is InChI=1S/C15H20N2O2S/c1-15(10-3-2-4-11-15)17-20(18,19)14-7-5-13(6-8-14)9-12-16/h5-8,17H,2-4,9-11H2,1H3. The van der Waals surface area contributed by atoms with Crippen LogP contribution in [0.1, 0.15) is 44.6 Å². The van der Waals surface area contributed by atoms with Crippen molar-refractivity contribution >= 4 is 10.0 Å². The molecule has 2 rings (SSSR count). The third kappa shape index (κ3) is 3.59. The lowest BCUT2D eigenvalue weighted by Gasteiger charge is -2.34. The molecule has 0 radical (unpaired) electrons. The molecule has 20 heavy (non-hydrogen) atoms. The van der Waals surface area contributed by atoms with Crippen LogP contribution in [0.3, 0.4) is 0 Å². The number of benzene rings is 1. The molecular formula is C15H20N2O2S. The molecule has 0 saturated heterocycles. The van der Waals surface area contributed by atoms with E-state index < -0.39 is 10.0 Å². The number of hydrogen-bond acceptors (Lipinski definition) is 3. The van der Waals surface area contributed by atoms with E-state index in [1.165, 1.54) is 6.42 Å². The summed E-state index contributed by atoms with van der Waals surface area (Å²) in [5, 5.41) is 8.62. The summed E-state index contributed by atoms with van der Waals surface area (Å²) in [7, 11) is -3.48. The highest BCUT2D eigenvalue weighted by Crippen LogP contribution is 2.29. The van der Waals surface area contributed by atoms with Gasteiger partial charge in [-0.25, -0.2) is 13.1 Å². The van der Waals surface area contributed by atoms with Gasteiger partial charge in [-0.05, 0) is 37.5 Å². The number of nitrogens with one attached hydrogen (secondary N) is 1. The van der Waals surface area contributed by atoms with Gasteiger partial charge in [0.1, 0.15) is 0 Å². The number of hydrogen-bond donors (Lipinski definition) is 1. The number of nitriles is 1. The van der Waals surface area contributed by atoms with Crippen molar-refractivity contribution in [1.82, 2.24) is 4.72 Å². The van der Waals surface area contributed by atoms with Crippen molar-refractivity contribution in [3.63, 3.8) is 0 Å². The molecule has 4 nitrogen and oxygen atoms in total. The molecule has 0 aromatic heterocycles. The fourth-order valence-corrected chi connectivity index (χ4v) is 4.16. The second-order valence-electron chi connectivity index (χ2n) is 5.71. The van der Waals surface area contributed by atoms with Crippen LogP contribution in [0.5, 0.6) is 0 Å². The fraction of sp³-hybridized carbons (Fsp3) is 0.533. The molecule has 0 unspecified atom stereocenters. The maximum atomic E-state index is 12.4. The highest BCUT2D eigenvalue weighted by Gasteiger charge is 2.31. The summed E-state index contributed by atoms with van der Waals surface area (Å²) in [6.45, 7) is 1.98. The van der Waals surface area contributed by atoms with E-state index in [9.17, 15) is 8.42 Å². The van der Waals surface area contributed by atoms with Crippen LogP contribution in [0.4, 0.5) is 0 Å². The Morgan fingerprint density at radius 3 is 2.35 bits per heavy atom. The van der Waals surface area contributed by atoms with Gasteiger partial charge in [0.2, 0.25) is 10.0 Å². The molecule has 0 bridgehead atoms. The van der Waals surface area contributed by atoms with Gasteiger partial charge < -0.3 is 0 Å². The van der Waals surface area contributed by atoms with Gasteiger partial charge in [-0.3, -0.25) is 0 Å². The molecule has 1 saturated carbocycles. The molecule has 0 amide bonds. The molecule has 0 heterocycles. The smallest absolute Gasteiger partial charge is 0.207 e. The Hall–Kier alpha value is -1.38. The molecule has 108 valence electrons. The zero-order valence-electron chi connectivity index (χ0n) is 11.7. The third-order valence-corrected chi connectivity index (χ3v) is 5.51. The molecule has 0 spiro atoms. The van der Waals surface area contributed by atoms with E-state index >= 15 is 0 Å². The van der Waals surface area contributed by atoms with Crippen molar-refractivity contribution in [2.75, 3.05) is 0 Å². The van der Waals surface area contributed by atoms with Crippen LogP contribution < -0.4 is 4.72 Å². The molecule has 5 heteroatoms. The van der Waals surface area contributed by atoms with Crippen LogP contribution in [-0.2, 0) is 16.4 Å². The normalized spacial score (nSPS) is 18.4. The second-order valence-corrected chi connectivity index (χ2v) is 7.39. The minimum absolute atomic E-state index is 0.269. The first kappa shape index (κ1) is 15.0. The van der Waals surface area contributed by atoms with Gasteiger partial charge in [0.05, 0.1) is 17.4 Å². The summed E-state index contributed by atoms with van der Waals surface area (Å²) in [4.78, 5) is 0.269. The van der Waals surface area contributed by atoms with E-state index in [4.69, 9.17) is 5.26 Å². The highest BCUT2D eigenvalue weighted by atomic mass is 32.2. The topological polar surface area (TPSA) is 70.0 Å². The lowest BCUT2D eigenvalue weighted by molar-refractivity contribution is 0.294.